The summed E-state index contributed by atoms with van der Waals surface area (Å²) in [6.45, 7) is 10.3. The third kappa shape index (κ3) is 2.39. The predicted molar refractivity (Wildman–Crippen MR) is 65.6 cm³/mol. The van der Waals surface area contributed by atoms with Crippen LogP contribution in [0.4, 0.5) is 5.69 Å². The lowest BCUT2D eigenvalue weighted by atomic mass is 10.2. The molecule has 0 aliphatic carbocycles. The maximum atomic E-state index is 2.26. The number of rotatable bonds is 4. The molecule has 0 heterocycles. The van der Waals surface area contributed by atoms with Gasteiger partial charge >= 0.3 is 0 Å². The molecule has 0 fully saturated rings. The maximum Gasteiger partial charge on any atom is 0.132 e. The van der Waals surface area contributed by atoms with Gasteiger partial charge in [0.2, 0.25) is 0 Å². The standard InChI is InChI=1S/C12H20N.B/c1-4-13(5-2,6-3)12-10-8-7-9-11-12;/h7-11H,4-6H2,1-3H3;/q+1;-1. The Kier molecular flexibility index (Phi) is 5.55. The number of hydrogen-bond acceptors (Lipinski definition) is 0. The van der Waals surface area contributed by atoms with Gasteiger partial charge in [0.05, 0.1) is 19.6 Å². The summed E-state index contributed by atoms with van der Waals surface area (Å²) in [4.78, 5) is 0. The van der Waals surface area contributed by atoms with Crippen LogP contribution in [0.3, 0.4) is 0 Å². The normalized spacial score (nSPS) is 10.8. The second-order valence-electron chi connectivity index (χ2n) is 3.43. The molecule has 2 heteroatoms. The van der Waals surface area contributed by atoms with Crippen molar-refractivity contribution in [2.75, 3.05) is 19.6 Å². The fourth-order valence-electron chi connectivity index (χ4n) is 1.96. The number of para-hydroxylation sites is 1. The molecule has 76 valence electrons. The summed E-state index contributed by atoms with van der Waals surface area (Å²) in [5.74, 6) is 0. The van der Waals surface area contributed by atoms with Crippen LogP contribution in [0.15, 0.2) is 30.3 Å². The van der Waals surface area contributed by atoms with E-state index in [4.69, 9.17) is 0 Å². The first kappa shape index (κ1) is 13.2. The van der Waals surface area contributed by atoms with Crippen molar-refractivity contribution < 1.29 is 0 Å². The lowest BCUT2D eigenvalue weighted by Gasteiger charge is -2.35. The molecule has 0 bridgehead atoms. The number of nitrogens with zero attached hydrogens (tertiary/aromatic N) is 1. The first-order valence-corrected chi connectivity index (χ1v) is 5.20. The van der Waals surface area contributed by atoms with E-state index in [1.165, 1.54) is 25.3 Å². The summed E-state index contributed by atoms with van der Waals surface area (Å²) >= 11 is 0. The molecular formula is C12H20BN. The van der Waals surface area contributed by atoms with Gasteiger partial charge in [-0.15, -0.1) is 0 Å². The van der Waals surface area contributed by atoms with Gasteiger partial charge in [-0.05, 0) is 32.9 Å². The van der Waals surface area contributed by atoms with Crippen LogP contribution in [-0.4, -0.2) is 28.0 Å². The molecule has 0 saturated heterocycles. The van der Waals surface area contributed by atoms with Crippen LogP contribution in [0.25, 0.3) is 0 Å². The topological polar surface area (TPSA) is 0 Å². The molecule has 0 unspecified atom stereocenters. The van der Waals surface area contributed by atoms with Crippen molar-refractivity contribution in [3.63, 3.8) is 0 Å². The second-order valence-corrected chi connectivity index (χ2v) is 3.43. The van der Waals surface area contributed by atoms with E-state index in [1.54, 1.807) is 0 Å². The quantitative estimate of drug-likeness (QED) is 0.504. The Morgan fingerprint density at radius 2 is 1.29 bits per heavy atom. The van der Waals surface area contributed by atoms with Crippen molar-refractivity contribution in [3.05, 3.63) is 30.3 Å². The Labute approximate surface area is 89.9 Å². The van der Waals surface area contributed by atoms with Gasteiger partial charge in [-0.3, -0.25) is 4.48 Å². The minimum absolute atomic E-state index is 0. The minimum atomic E-state index is 0. The smallest absolute Gasteiger partial charge is 0.132 e. The Morgan fingerprint density at radius 1 is 0.857 bits per heavy atom. The SMILES string of the molecule is CC[N+](CC)(CC)c1ccccc1.[B-]. The van der Waals surface area contributed by atoms with E-state index in [0.717, 1.165) is 4.48 Å². The summed E-state index contributed by atoms with van der Waals surface area (Å²) in [6, 6.07) is 10.8. The van der Waals surface area contributed by atoms with Crippen molar-refractivity contribution in [2.24, 2.45) is 0 Å². The van der Waals surface area contributed by atoms with Gasteiger partial charge in [-0.25, -0.2) is 0 Å². The van der Waals surface area contributed by atoms with Crippen LogP contribution in [0.1, 0.15) is 20.8 Å². The fourth-order valence-corrected chi connectivity index (χ4v) is 1.96. The molecule has 1 aromatic rings. The zero-order valence-corrected chi connectivity index (χ0v) is 9.53. The lowest BCUT2D eigenvalue weighted by Crippen LogP contribution is -2.48. The van der Waals surface area contributed by atoms with Crippen LogP contribution < -0.4 is 4.48 Å². The highest BCUT2D eigenvalue weighted by Crippen LogP contribution is 2.21. The van der Waals surface area contributed by atoms with E-state index < -0.39 is 0 Å². The van der Waals surface area contributed by atoms with E-state index in [0.29, 0.717) is 0 Å². The summed E-state index contributed by atoms with van der Waals surface area (Å²) < 4.78 is 1.10. The van der Waals surface area contributed by atoms with Gasteiger partial charge in [0, 0.05) is 0 Å². The first-order valence-electron chi connectivity index (χ1n) is 5.20. The monoisotopic (exact) mass is 189 g/mol. The average molecular weight is 189 g/mol. The summed E-state index contributed by atoms with van der Waals surface area (Å²) in [7, 11) is 0. The van der Waals surface area contributed by atoms with Crippen LogP contribution in [0, 0.1) is 0 Å². The lowest BCUT2D eigenvalue weighted by molar-refractivity contribution is 0.316. The minimum Gasteiger partial charge on any atom is -1.00 e. The Balaban J connectivity index is 0.00000169. The third-order valence-corrected chi connectivity index (χ3v) is 3.12. The van der Waals surface area contributed by atoms with Crippen molar-refractivity contribution in [1.29, 1.82) is 0 Å². The van der Waals surface area contributed by atoms with E-state index in [9.17, 15) is 0 Å². The second kappa shape index (κ2) is 5.87. The van der Waals surface area contributed by atoms with Crippen molar-refractivity contribution in [1.82, 2.24) is 4.48 Å². The van der Waals surface area contributed by atoms with Gasteiger partial charge in [0.1, 0.15) is 5.69 Å². The molecule has 0 saturated carbocycles. The van der Waals surface area contributed by atoms with Crippen LogP contribution in [0.2, 0.25) is 0 Å². The number of benzene rings is 1. The molecule has 0 atom stereocenters. The van der Waals surface area contributed by atoms with Crippen LogP contribution >= 0.6 is 0 Å². The van der Waals surface area contributed by atoms with Gasteiger partial charge < -0.3 is 8.41 Å². The highest BCUT2D eigenvalue weighted by atomic mass is 15.3. The summed E-state index contributed by atoms with van der Waals surface area (Å²) in [5.41, 5.74) is 1.44. The molecule has 14 heavy (non-hydrogen) atoms. The fraction of sp³-hybridized carbons (Fsp3) is 0.500. The molecule has 0 N–H and O–H groups in total. The van der Waals surface area contributed by atoms with Gasteiger partial charge in [0.25, 0.3) is 0 Å². The summed E-state index contributed by atoms with van der Waals surface area (Å²) in [6.07, 6.45) is 0. The average Bonchev–Trinajstić information content (AvgIpc) is 2.23. The third-order valence-electron chi connectivity index (χ3n) is 3.12. The molecule has 1 rings (SSSR count). The highest BCUT2D eigenvalue weighted by Gasteiger charge is 2.23. The van der Waals surface area contributed by atoms with Gasteiger partial charge in [-0.2, -0.15) is 0 Å². The van der Waals surface area contributed by atoms with Crippen molar-refractivity contribution in [3.8, 4) is 0 Å². The Morgan fingerprint density at radius 3 is 1.64 bits per heavy atom. The van der Waals surface area contributed by atoms with Crippen molar-refractivity contribution in [2.45, 2.75) is 20.8 Å². The molecule has 1 aromatic carbocycles. The predicted octanol–water partition coefficient (Wildman–Crippen LogP) is 2.67. The van der Waals surface area contributed by atoms with Crippen molar-refractivity contribution >= 4 is 14.1 Å². The van der Waals surface area contributed by atoms with E-state index in [-0.39, 0.29) is 8.41 Å². The van der Waals surface area contributed by atoms with E-state index >= 15 is 0 Å². The maximum absolute atomic E-state index is 2.26. The van der Waals surface area contributed by atoms with Crippen LogP contribution in [0.5, 0.6) is 0 Å². The van der Waals surface area contributed by atoms with E-state index in [2.05, 4.69) is 51.1 Å². The Hall–Kier alpha value is -0.755. The van der Waals surface area contributed by atoms with E-state index in [1.807, 2.05) is 0 Å². The van der Waals surface area contributed by atoms with Gasteiger partial charge in [-0.1, -0.05) is 18.2 Å². The van der Waals surface area contributed by atoms with Gasteiger partial charge in [0.15, 0.2) is 0 Å². The molecule has 0 spiro atoms. The molecule has 0 aliphatic heterocycles. The molecule has 0 amide bonds. The Bertz CT molecular complexity index is 233. The molecule has 0 aromatic heterocycles. The highest BCUT2D eigenvalue weighted by molar-refractivity contribution is 5.75. The van der Waals surface area contributed by atoms with Crippen LogP contribution in [-0.2, 0) is 0 Å². The summed E-state index contributed by atoms with van der Waals surface area (Å²) in [5, 5.41) is 0. The first-order chi connectivity index (χ1) is 6.29. The zero-order chi connectivity index (χ0) is 9.73. The number of quaternary nitrogens is 1. The molecule has 4 radical (unpaired) electrons. The largest absolute Gasteiger partial charge is 1.00 e. The molecular weight excluding hydrogens is 169 g/mol. The molecule has 1 nitrogen and oxygen atoms in total. The number of hydrogen-bond donors (Lipinski definition) is 0. The molecule has 0 aliphatic rings. The zero-order valence-electron chi connectivity index (χ0n) is 9.53.